The van der Waals surface area contributed by atoms with Crippen LogP contribution >= 0.6 is 0 Å². The molecule has 1 saturated heterocycles. The molecule has 0 spiro atoms. The monoisotopic (exact) mass is 445 g/mol. The van der Waals surface area contributed by atoms with Gasteiger partial charge in [0.15, 0.2) is 0 Å². The van der Waals surface area contributed by atoms with Crippen LogP contribution in [0.1, 0.15) is 18.4 Å². The molecule has 2 amide bonds. The van der Waals surface area contributed by atoms with Gasteiger partial charge in [-0.1, -0.05) is 48.5 Å². The molecular weight excluding hydrogens is 414 g/mol. The highest BCUT2D eigenvalue weighted by Gasteiger charge is 2.35. The Labute approximate surface area is 194 Å². The summed E-state index contributed by atoms with van der Waals surface area (Å²) in [5.41, 5.74) is 8.40. The van der Waals surface area contributed by atoms with Crippen LogP contribution < -0.4 is 16.4 Å². The summed E-state index contributed by atoms with van der Waals surface area (Å²) < 4.78 is 0. The normalized spacial score (nSPS) is 18.7. The summed E-state index contributed by atoms with van der Waals surface area (Å²) in [6.07, 6.45) is 3.56. The molecule has 0 bridgehead atoms. The molecule has 4 N–H and O–H groups in total. The standard InChI is InChI=1S/C26H31N5O2/c1-31(26(33)23-13-19(15-27)16-28-23)24(12-11-18-7-3-2-4-8-18)25(32)30-21-14-20-9-5-6-10-22(20)29-17-21/h2-10,14,17,19,23-24,28H,11-13,15-16,27H2,1H3,(H,30,32)/t19-,23+,24-/m1/s1. The number of aryl methyl sites for hydroxylation is 1. The average molecular weight is 446 g/mol. The second-order valence-corrected chi connectivity index (χ2v) is 8.69. The van der Waals surface area contributed by atoms with E-state index in [0.717, 1.165) is 23.0 Å². The second kappa shape index (κ2) is 10.6. The van der Waals surface area contributed by atoms with Crippen LogP contribution in [-0.4, -0.2) is 53.9 Å². The van der Waals surface area contributed by atoms with E-state index in [1.165, 1.54) is 0 Å². The van der Waals surface area contributed by atoms with E-state index in [0.29, 0.717) is 31.5 Å². The molecule has 7 nitrogen and oxygen atoms in total. The Morgan fingerprint density at radius 3 is 2.70 bits per heavy atom. The lowest BCUT2D eigenvalue weighted by molar-refractivity contribution is -0.138. The fraction of sp³-hybridized carbons (Fsp3) is 0.346. The van der Waals surface area contributed by atoms with E-state index in [1.54, 1.807) is 18.1 Å². The molecule has 0 aliphatic carbocycles. The van der Waals surface area contributed by atoms with Gasteiger partial charge in [-0.2, -0.15) is 0 Å². The van der Waals surface area contributed by atoms with Gasteiger partial charge in [-0.25, -0.2) is 0 Å². The Hall–Kier alpha value is -3.29. The highest BCUT2D eigenvalue weighted by molar-refractivity contribution is 5.99. The molecule has 4 rings (SSSR count). The third kappa shape index (κ3) is 5.56. The van der Waals surface area contributed by atoms with Gasteiger partial charge in [-0.05, 0) is 56.0 Å². The molecular formula is C26H31N5O2. The number of amides is 2. The molecule has 1 aliphatic heterocycles. The molecule has 1 aromatic heterocycles. The van der Waals surface area contributed by atoms with Crippen molar-refractivity contribution in [3.8, 4) is 0 Å². The van der Waals surface area contributed by atoms with Crippen molar-refractivity contribution in [2.45, 2.75) is 31.3 Å². The topological polar surface area (TPSA) is 100 Å². The molecule has 2 heterocycles. The molecule has 172 valence electrons. The van der Waals surface area contributed by atoms with Crippen molar-refractivity contribution in [3.05, 3.63) is 72.4 Å². The van der Waals surface area contributed by atoms with E-state index in [4.69, 9.17) is 5.73 Å². The molecule has 0 saturated carbocycles. The quantitative estimate of drug-likeness (QED) is 0.495. The van der Waals surface area contributed by atoms with Crippen molar-refractivity contribution in [1.82, 2.24) is 15.2 Å². The molecule has 3 atom stereocenters. The van der Waals surface area contributed by atoms with Crippen molar-refractivity contribution in [2.75, 3.05) is 25.5 Å². The maximum Gasteiger partial charge on any atom is 0.247 e. The van der Waals surface area contributed by atoms with Gasteiger partial charge in [0, 0.05) is 12.4 Å². The van der Waals surface area contributed by atoms with E-state index in [2.05, 4.69) is 15.6 Å². The van der Waals surface area contributed by atoms with Gasteiger partial charge in [-0.3, -0.25) is 14.6 Å². The summed E-state index contributed by atoms with van der Waals surface area (Å²) >= 11 is 0. The Bertz CT molecular complexity index is 1100. The zero-order chi connectivity index (χ0) is 23.2. The summed E-state index contributed by atoms with van der Waals surface area (Å²) in [7, 11) is 1.72. The zero-order valence-electron chi connectivity index (χ0n) is 18.9. The fourth-order valence-electron chi connectivity index (χ4n) is 4.39. The lowest BCUT2D eigenvalue weighted by atomic mass is 10.0. The number of carbonyl (C=O) groups is 2. The van der Waals surface area contributed by atoms with Gasteiger partial charge in [0.2, 0.25) is 11.8 Å². The number of carbonyl (C=O) groups excluding carboxylic acids is 2. The first-order valence-electron chi connectivity index (χ1n) is 11.4. The van der Waals surface area contributed by atoms with E-state index >= 15 is 0 Å². The molecule has 33 heavy (non-hydrogen) atoms. The first-order chi connectivity index (χ1) is 16.0. The van der Waals surface area contributed by atoms with Crippen LogP contribution in [0.5, 0.6) is 0 Å². The smallest absolute Gasteiger partial charge is 0.247 e. The van der Waals surface area contributed by atoms with E-state index in [9.17, 15) is 9.59 Å². The number of nitrogens with one attached hydrogen (secondary N) is 2. The van der Waals surface area contributed by atoms with Crippen LogP contribution in [0.25, 0.3) is 10.9 Å². The van der Waals surface area contributed by atoms with Crippen LogP contribution in [0.4, 0.5) is 5.69 Å². The summed E-state index contributed by atoms with van der Waals surface area (Å²) in [6, 6.07) is 18.7. The minimum Gasteiger partial charge on any atom is -0.332 e. The maximum atomic E-state index is 13.4. The maximum absolute atomic E-state index is 13.4. The third-order valence-corrected chi connectivity index (χ3v) is 6.38. The van der Waals surface area contributed by atoms with Gasteiger partial charge in [0.05, 0.1) is 23.4 Å². The largest absolute Gasteiger partial charge is 0.332 e. The van der Waals surface area contributed by atoms with Crippen LogP contribution in [0.3, 0.4) is 0 Å². The molecule has 1 fully saturated rings. The number of pyridine rings is 1. The van der Waals surface area contributed by atoms with Crippen LogP contribution in [0.15, 0.2) is 66.9 Å². The molecule has 0 radical (unpaired) electrons. The summed E-state index contributed by atoms with van der Waals surface area (Å²) in [4.78, 5) is 32.6. The minimum atomic E-state index is -0.608. The number of fused-ring (bicyclic) bond motifs is 1. The van der Waals surface area contributed by atoms with Gasteiger partial charge < -0.3 is 21.3 Å². The Balaban J connectivity index is 1.51. The summed E-state index contributed by atoms with van der Waals surface area (Å²) in [5.74, 6) is -0.00403. The number of hydrogen-bond donors (Lipinski definition) is 3. The van der Waals surface area contributed by atoms with Crippen molar-refractivity contribution in [3.63, 3.8) is 0 Å². The molecule has 3 aromatic rings. The molecule has 1 aliphatic rings. The number of likely N-dealkylation sites (N-methyl/N-ethyl adjacent to an activating group) is 1. The number of para-hydroxylation sites is 1. The van der Waals surface area contributed by atoms with Gasteiger partial charge in [-0.15, -0.1) is 0 Å². The number of nitrogens with zero attached hydrogens (tertiary/aromatic N) is 2. The summed E-state index contributed by atoms with van der Waals surface area (Å²) in [6.45, 7) is 1.28. The SMILES string of the molecule is CN(C(=O)[C@@H]1C[C@H](CN)CN1)[C@H](CCc1ccccc1)C(=O)Nc1cnc2ccccc2c1. The number of aromatic nitrogens is 1. The van der Waals surface area contributed by atoms with Crippen molar-refractivity contribution >= 4 is 28.4 Å². The fourth-order valence-corrected chi connectivity index (χ4v) is 4.39. The van der Waals surface area contributed by atoms with Gasteiger partial charge in [0.25, 0.3) is 0 Å². The average Bonchev–Trinajstić information content (AvgIpc) is 3.33. The predicted octanol–water partition coefficient (Wildman–Crippen LogP) is 2.57. The lowest BCUT2D eigenvalue weighted by Gasteiger charge is -2.29. The van der Waals surface area contributed by atoms with Crippen molar-refractivity contribution in [1.29, 1.82) is 0 Å². The van der Waals surface area contributed by atoms with Crippen molar-refractivity contribution < 1.29 is 9.59 Å². The van der Waals surface area contributed by atoms with E-state index in [-0.39, 0.29) is 23.8 Å². The van der Waals surface area contributed by atoms with Crippen LogP contribution in [0, 0.1) is 5.92 Å². The second-order valence-electron chi connectivity index (χ2n) is 8.69. The highest BCUT2D eigenvalue weighted by atomic mass is 16.2. The number of hydrogen-bond acceptors (Lipinski definition) is 5. The number of rotatable bonds is 8. The Morgan fingerprint density at radius 2 is 1.94 bits per heavy atom. The zero-order valence-corrected chi connectivity index (χ0v) is 18.9. The van der Waals surface area contributed by atoms with Crippen LogP contribution in [-0.2, 0) is 16.0 Å². The van der Waals surface area contributed by atoms with E-state index in [1.807, 2.05) is 60.7 Å². The van der Waals surface area contributed by atoms with Gasteiger partial charge >= 0.3 is 0 Å². The highest BCUT2D eigenvalue weighted by Crippen LogP contribution is 2.20. The van der Waals surface area contributed by atoms with E-state index < -0.39 is 6.04 Å². The van der Waals surface area contributed by atoms with Gasteiger partial charge in [0.1, 0.15) is 6.04 Å². The Kier molecular flexibility index (Phi) is 7.32. The minimum absolute atomic E-state index is 0.0733. The molecule has 7 heteroatoms. The number of nitrogens with two attached hydrogens (primary N) is 1. The lowest BCUT2D eigenvalue weighted by Crippen LogP contribution is -2.51. The number of benzene rings is 2. The van der Waals surface area contributed by atoms with Crippen LogP contribution in [0.2, 0.25) is 0 Å². The molecule has 2 aromatic carbocycles. The van der Waals surface area contributed by atoms with Crippen molar-refractivity contribution in [2.24, 2.45) is 11.7 Å². The molecule has 0 unspecified atom stereocenters. The third-order valence-electron chi connectivity index (χ3n) is 6.38. The first-order valence-corrected chi connectivity index (χ1v) is 11.4. The Morgan fingerprint density at radius 1 is 1.18 bits per heavy atom. The summed E-state index contributed by atoms with van der Waals surface area (Å²) in [5, 5.41) is 7.19. The predicted molar refractivity (Wildman–Crippen MR) is 131 cm³/mol. The number of anilines is 1. The first kappa shape index (κ1) is 22.9.